The molecule has 1 amide bonds. The molecule has 2 aliphatic heterocycles. The van der Waals surface area contributed by atoms with E-state index in [4.69, 9.17) is 4.74 Å². The number of hydrogen-bond donors (Lipinski definition) is 1. The lowest BCUT2D eigenvalue weighted by Gasteiger charge is -2.36. The molecule has 5 rings (SSSR count). The van der Waals surface area contributed by atoms with E-state index in [2.05, 4.69) is 21.2 Å². The van der Waals surface area contributed by atoms with Gasteiger partial charge in [0, 0.05) is 62.8 Å². The molecule has 0 bridgehead atoms. The van der Waals surface area contributed by atoms with E-state index in [-0.39, 0.29) is 10.8 Å². The highest BCUT2D eigenvalue weighted by molar-refractivity contribution is 7.89. The molecule has 9 heteroatoms. The fraction of sp³-hybridized carbons (Fsp3) is 0.480. The van der Waals surface area contributed by atoms with Crippen molar-refractivity contribution in [2.24, 2.45) is 5.92 Å². The van der Waals surface area contributed by atoms with E-state index in [0.717, 1.165) is 37.8 Å². The van der Waals surface area contributed by atoms with Gasteiger partial charge in [-0.2, -0.15) is 4.31 Å². The van der Waals surface area contributed by atoms with E-state index in [1.807, 2.05) is 18.2 Å². The van der Waals surface area contributed by atoms with Crippen LogP contribution in [-0.2, 0) is 14.8 Å². The summed E-state index contributed by atoms with van der Waals surface area (Å²) in [5, 5.41) is 2.93. The second kappa shape index (κ2) is 10.0. The number of ether oxygens (including phenoxy) is 1. The molecule has 0 radical (unpaired) electrons. The van der Waals surface area contributed by atoms with Crippen LogP contribution in [0.25, 0.3) is 0 Å². The van der Waals surface area contributed by atoms with Crippen molar-refractivity contribution in [1.82, 2.24) is 9.21 Å². The van der Waals surface area contributed by atoms with Gasteiger partial charge in [0.05, 0.1) is 18.1 Å². The van der Waals surface area contributed by atoms with Gasteiger partial charge in [-0.1, -0.05) is 12.1 Å². The molecule has 1 N–H and O–H groups in total. The summed E-state index contributed by atoms with van der Waals surface area (Å²) in [7, 11) is -3.66. The number of carbonyl (C=O) groups excluding carboxylic acids is 1. The molecule has 0 aromatic heterocycles. The molecule has 1 aliphatic carbocycles. The Hall–Kier alpha value is -2.46. The van der Waals surface area contributed by atoms with E-state index in [1.54, 1.807) is 12.1 Å². The van der Waals surface area contributed by atoms with Crippen molar-refractivity contribution in [2.45, 2.75) is 17.7 Å². The van der Waals surface area contributed by atoms with Gasteiger partial charge in [0.15, 0.2) is 0 Å². The average molecular weight is 485 g/mol. The minimum Gasteiger partial charge on any atom is -0.379 e. The zero-order chi connectivity index (χ0) is 23.5. The molecule has 2 heterocycles. The lowest BCUT2D eigenvalue weighted by Crippen LogP contribution is -2.47. The highest BCUT2D eigenvalue weighted by Gasteiger charge is 2.28. The monoisotopic (exact) mass is 484 g/mol. The van der Waals surface area contributed by atoms with Crippen molar-refractivity contribution in [3.63, 3.8) is 0 Å². The quantitative estimate of drug-likeness (QED) is 0.650. The maximum Gasteiger partial charge on any atom is 0.255 e. The van der Waals surface area contributed by atoms with Crippen LogP contribution in [0.15, 0.2) is 53.4 Å². The number of morpholine rings is 1. The SMILES string of the molecule is O=C(Nc1cccc(N2CCN(CC3CC3)CC2)c1)c1cccc(S(=O)(=O)N2CCOCC2)c1. The Bertz CT molecular complexity index is 1120. The second-order valence-corrected chi connectivity index (χ2v) is 11.2. The maximum absolute atomic E-state index is 13.0. The third kappa shape index (κ3) is 5.43. The van der Waals surface area contributed by atoms with Gasteiger partial charge in [0.2, 0.25) is 10.0 Å². The predicted octanol–water partition coefficient (Wildman–Crippen LogP) is 2.49. The lowest BCUT2D eigenvalue weighted by molar-refractivity contribution is 0.0730. The summed E-state index contributed by atoms with van der Waals surface area (Å²) in [5.74, 6) is 0.581. The summed E-state index contributed by atoms with van der Waals surface area (Å²) in [6.07, 6.45) is 2.76. The number of sulfonamides is 1. The van der Waals surface area contributed by atoms with Gasteiger partial charge in [-0.3, -0.25) is 9.69 Å². The van der Waals surface area contributed by atoms with E-state index < -0.39 is 10.0 Å². The number of piperazine rings is 1. The molecule has 8 nitrogen and oxygen atoms in total. The summed E-state index contributed by atoms with van der Waals surface area (Å²) >= 11 is 0. The van der Waals surface area contributed by atoms with Gasteiger partial charge >= 0.3 is 0 Å². The van der Waals surface area contributed by atoms with Crippen molar-refractivity contribution in [1.29, 1.82) is 0 Å². The molecule has 34 heavy (non-hydrogen) atoms. The molecule has 0 unspecified atom stereocenters. The Labute approximate surface area is 201 Å². The van der Waals surface area contributed by atoms with Crippen LogP contribution in [0.2, 0.25) is 0 Å². The van der Waals surface area contributed by atoms with E-state index in [1.165, 1.54) is 35.8 Å². The summed E-state index contributed by atoms with van der Waals surface area (Å²) in [5.41, 5.74) is 2.10. The summed E-state index contributed by atoms with van der Waals surface area (Å²) in [6.45, 7) is 6.72. The van der Waals surface area contributed by atoms with Gasteiger partial charge in [-0.15, -0.1) is 0 Å². The fourth-order valence-corrected chi connectivity index (χ4v) is 6.03. The van der Waals surface area contributed by atoms with Crippen LogP contribution in [0.5, 0.6) is 0 Å². The van der Waals surface area contributed by atoms with Crippen molar-refractivity contribution in [3.8, 4) is 0 Å². The lowest BCUT2D eigenvalue weighted by atomic mass is 10.2. The highest BCUT2D eigenvalue weighted by atomic mass is 32.2. The Balaban J connectivity index is 1.24. The van der Waals surface area contributed by atoms with Crippen LogP contribution in [0.4, 0.5) is 11.4 Å². The normalized spacial score (nSPS) is 20.3. The van der Waals surface area contributed by atoms with Gasteiger partial charge in [0.25, 0.3) is 5.91 Å². The molecule has 2 saturated heterocycles. The third-order valence-electron chi connectivity index (χ3n) is 6.76. The van der Waals surface area contributed by atoms with Crippen molar-refractivity contribution >= 4 is 27.3 Å². The number of hydrogen-bond acceptors (Lipinski definition) is 6. The number of nitrogens with zero attached hydrogens (tertiary/aromatic N) is 3. The Morgan fingerprint density at radius 2 is 1.68 bits per heavy atom. The number of anilines is 2. The van der Waals surface area contributed by atoms with Crippen LogP contribution < -0.4 is 10.2 Å². The molecule has 1 saturated carbocycles. The fourth-order valence-electron chi connectivity index (χ4n) is 4.57. The summed E-state index contributed by atoms with van der Waals surface area (Å²) < 4.78 is 32.6. The Morgan fingerprint density at radius 3 is 2.41 bits per heavy atom. The van der Waals surface area contributed by atoms with Gasteiger partial charge in [-0.05, 0) is 55.2 Å². The molecule has 182 valence electrons. The standard InChI is InChI=1S/C25H32N4O4S/c30-25(21-3-1-6-24(17-21)34(31,32)29-13-15-33-16-14-29)26-22-4-2-5-23(18-22)28-11-9-27(10-12-28)19-20-7-8-20/h1-6,17-18,20H,7-16,19H2,(H,26,30). The first-order valence-corrected chi connectivity index (χ1v) is 13.5. The van der Waals surface area contributed by atoms with Crippen LogP contribution in [0.3, 0.4) is 0 Å². The highest BCUT2D eigenvalue weighted by Crippen LogP contribution is 2.30. The van der Waals surface area contributed by atoms with E-state index in [9.17, 15) is 13.2 Å². The summed E-state index contributed by atoms with van der Waals surface area (Å²) in [4.78, 5) is 18.0. The van der Waals surface area contributed by atoms with E-state index in [0.29, 0.717) is 37.6 Å². The Kier molecular flexibility index (Phi) is 6.87. The molecule has 3 aliphatic rings. The number of amides is 1. The summed E-state index contributed by atoms with van der Waals surface area (Å²) in [6, 6.07) is 14.1. The van der Waals surface area contributed by atoms with Gasteiger partial charge in [0.1, 0.15) is 0 Å². The molecule has 0 atom stereocenters. The van der Waals surface area contributed by atoms with Gasteiger partial charge < -0.3 is 15.0 Å². The van der Waals surface area contributed by atoms with E-state index >= 15 is 0 Å². The molecular weight excluding hydrogens is 452 g/mol. The Morgan fingerprint density at radius 1 is 0.941 bits per heavy atom. The number of nitrogens with one attached hydrogen (secondary N) is 1. The van der Waals surface area contributed by atoms with Crippen LogP contribution >= 0.6 is 0 Å². The molecular formula is C25H32N4O4S. The minimum atomic E-state index is -3.66. The maximum atomic E-state index is 13.0. The molecule has 2 aromatic rings. The topological polar surface area (TPSA) is 82.2 Å². The average Bonchev–Trinajstić information content (AvgIpc) is 3.69. The van der Waals surface area contributed by atoms with Crippen molar-refractivity contribution < 1.29 is 17.9 Å². The number of rotatable bonds is 7. The minimum absolute atomic E-state index is 0.125. The zero-order valence-electron chi connectivity index (χ0n) is 19.4. The molecule has 3 fully saturated rings. The van der Waals surface area contributed by atoms with Crippen LogP contribution in [-0.4, -0.2) is 82.6 Å². The van der Waals surface area contributed by atoms with Crippen LogP contribution in [0.1, 0.15) is 23.2 Å². The number of benzene rings is 2. The van der Waals surface area contributed by atoms with Gasteiger partial charge in [-0.25, -0.2) is 8.42 Å². The first kappa shape index (κ1) is 23.3. The predicted molar refractivity (Wildman–Crippen MR) is 132 cm³/mol. The largest absolute Gasteiger partial charge is 0.379 e. The zero-order valence-corrected chi connectivity index (χ0v) is 20.2. The van der Waals surface area contributed by atoms with Crippen LogP contribution in [0, 0.1) is 5.92 Å². The molecule has 0 spiro atoms. The van der Waals surface area contributed by atoms with Crippen molar-refractivity contribution in [2.75, 3.05) is 69.2 Å². The molecule has 2 aromatic carbocycles. The first-order chi connectivity index (χ1) is 16.5. The number of carbonyl (C=O) groups is 1. The third-order valence-corrected chi connectivity index (χ3v) is 8.65. The first-order valence-electron chi connectivity index (χ1n) is 12.1. The smallest absolute Gasteiger partial charge is 0.255 e. The van der Waals surface area contributed by atoms with Crippen molar-refractivity contribution in [3.05, 3.63) is 54.1 Å². The second-order valence-electron chi connectivity index (χ2n) is 9.28.